The molecular weight excluding hydrogens is 470 g/mol. The molecule has 14 nitrogen and oxygen atoms in total. The second kappa shape index (κ2) is 11.5. The molecule has 0 unspecified atom stereocenters. The summed E-state index contributed by atoms with van der Waals surface area (Å²) in [4.78, 5) is 21.5. The van der Waals surface area contributed by atoms with Gasteiger partial charge in [0.2, 0.25) is 10.8 Å². The number of nitrogens with one attached hydrogen (secondary N) is 1. The smallest absolute Gasteiger partial charge is 0.346 e. The summed E-state index contributed by atoms with van der Waals surface area (Å²) in [5.74, 6) is -2.29. The Labute approximate surface area is 193 Å². The lowest BCUT2D eigenvalue weighted by atomic mass is 9.89. The molecule has 0 bridgehead atoms. The van der Waals surface area contributed by atoms with Gasteiger partial charge in [-0.25, -0.2) is 4.79 Å². The number of carboxylic acids is 1. The van der Waals surface area contributed by atoms with Gasteiger partial charge in [-0.2, -0.15) is 0 Å². The van der Waals surface area contributed by atoms with Crippen LogP contribution >= 0.6 is 11.8 Å². The number of aliphatic carboxylic acids is 1. The van der Waals surface area contributed by atoms with Crippen LogP contribution < -0.4 is 5.32 Å². The summed E-state index contributed by atoms with van der Waals surface area (Å²) in [6, 6.07) is -1.35. The number of hydrogen-bond donors (Lipinski definition) is 9. The van der Waals surface area contributed by atoms with Gasteiger partial charge in [0.15, 0.2) is 6.29 Å². The van der Waals surface area contributed by atoms with Crippen molar-refractivity contribution in [3.8, 4) is 0 Å². The quantitative estimate of drug-likeness (QED) is 0.144. The highest BCUT2D eigenvalue weighted by Crippen LogP contribution is 2.45. The number of carboxylic acid groups (broad SMARTS) is 1. The van der Waals surface area contributed by atoms with E-state index in [9.17, 15) is 50.4 Å². The van der Waals surface area contributed by atoms with Crippen LogP contribution in [0.4, 0.5) is 0 Å². The number of carbonyl (C=O) groups excluding carboxylic acids is 1. The number of aliphatic hydroxyl groups is 7. The van der Waals surface area contributed by atoms with Crippen LogP contribution in [0.5, 0.6) is 0 Å². The van der Waals surface area contributed by atoms with Crippen LogP contribution in [0.15, 0.2) is 0 Å². The molecule has 2 fully saturated rings. The predicted octanol–water partition coefficient (Wildman–Crippen LogP) is -4.68. The van der Waals surface area contributed by atoms with Gasteiger partial charge in [0.25, 0.3) is 0 Å². The van der Waals surface area contributed by atoms with Crippen molar-refractivity contribution in [2.75, 3.05) is 20.3 Å². The summed E-state index contributed by atoms with van der Waals surface area (Å²) in [6.07, 6.45) is -13.4. The summed E-state index contributed by atoms with van der Waals surface area (Å²) >= 11 is 0.396. The number of carbonyl (C=O) groups is 2. The molecule has 15 heteroatoms. The Bertz CT molecular complexity index is 670. The van der Waals surface area contributed by atoms with Gasteiger partial charge < -0.3 is 60.4 Å². The van der Waals surface area contributed by atoms with Gasteiger partial charge in [0.05, 0.1) is 36.7 Å². The highest BCUT2D eigenvalue weighted by Gasteiger charge is 2.58. The maximum Gasteiger partial charge on any atom is 0.346 e. The van der Waals surface area contributed by atoms with Crippen LogP contribution in [0, 0.1) is 0 Å². The zero-order chi connectivity index (χ0) is 25.1. The van der Waals surface area contributed by atoms with Crippen molar-refractivity contribution in [3.05, 3.63) is 0 Å². The van der Waals surface area contributed by atoms with E-state index in [1.165, 1.54) is 7.11 Å². The lowest BCUT2D eigenvalue weighted by molar-refractivity contribution is -0.259. The fraction of sp³-hybridized carbons (Fsp3) is 0.889. The van der Waals surface area contributed by atoms with E-state index in [-0.39, 0.29) is 0 Å². The molecular formula is C18H31NO13S. The van der Waals surface area contributed by atoms with E-state index in [0.717, 1.165) is 6.92 Å². The molecule has 0 saturated carbocycles. The Morgan fingerprint density at radius 3 is 2.33 bits per heavy atom. The minimum atomic E-state index is -2.39. The molecule has 0 spiro atoms. The third-order valence-corrected chi connectivity index (χ3v) is 7.22. The Morgan fingerprint density at radius 1 is 1.21 bits per heavy atom. The summed E-state index contributed by atoms with van der Waals surface area (Å²) < 4.78 is 15.9. The largest absolute Gasteiger partial charge is 0.478 e. The molecule has 0 aliphatic carbocycles. The topological polar surface area (TPSA) is 236 Å². The molecule has 192 valence electrons. The molecule has 2 aliphatic rings. The predicted molar refractivity (Wildman–Crippen MR) is 109 cm³/mol. The molecule has 2 aliphatic heterocycles. The maximum absolute atomic E-state index is 12.3. The van der Waals surface area contributed by atoms with E-state index in [4.69, 9.17) is 14.2 Å². The van der Waals surface area contributed by atoms with Gasteiger partial charge in [-0.05, 0) is 0 Å². The molecule has 9 N–H and O–H groups in total. The van der Waals surface area contributed by atoms with Gasteiger partial charge in [-0.3, -0.25) is 4.79 Å². The molecule has 2 heterocycles. The van der Waals surface area contributed by atoms with Crippen LogP contribution in [0.3, 0.4) is 0 Å². The minimum Gasteiger partial charge on any atom is -0.478 e. The van der Waals surface area contributed by atoms with Crippen molar-refractivity contribution >= 4 is 23.6 Å². The molecule has 2 saturated heterocycles. The maximum atomic E-state index is 12.3. The first kappa shape index (κ1) is 28.1. The van der Waals surface area contributed by atoms with E-state index in [0.29, 0.717) is 11.8 Å². The first-order valence-corrected chi connectivity index (χ1v) is 11.0. The molecule has 0 aromatic rings. The fourth-order valence-corrected chi connectivity index (χ4v) is 5.41. The molecule has 0 radical (unpaired) electrons. The molecule has 1 amide bonds. The van der Waals surface area contributed by atoms with Crippen molar-refractivity contribution < 1.29 is 64.7 Å². The average molecular weight is 502 g/mol. The van der Waals surface area contributed by atoms with Crippen LogP contribution in [0.1, 0.15) is 13.3 Å². The van der Waals surface area contributed by atoms with Crippen molar-refractivity contribution in [2.24, 2.45) is 0 Å². The summed E-state index contributed by atoms with van der Waals surface area (Å²) in [5, 5.41) is 81.8. The van der Waals surface area contributed by atoms with Crippen LogP contribution in [0.2, 0.25) is 0 Å². The molecule has 0 aromatic heterocycles. The number of hydrogen-bond acceptors (Lipinski definition) is 13. The van der Waals surface area contributed by atoms with E-state index >= 15 is 0 Å². The van der Waals surface area contributed by atoms with Crippen molar-refractivity contribution in [3.63, 3.8) is 0 Å². The van der Waals surface area contributed by atoms with E-state index in [2.05, 4.69) is 5.32 Å². The van der Waals surface area contributed by atoms with Crippen LogP contribution in [0.25, 0.3) is 0 Å². The summed E-state index contributed by atoms with van der Waals surface area (Å²) in [5.41, 5.74) is 0. The van der Waals surface area contributed by atoms with Crippen molar-refractivity contribution in [1.82, 2.24) is 5.32 Å². The first-order chi connectivity index (χ1) is 15.4. The first-order valence-electron chi connectivity index (χ1n) is 10.1. The van der Waals surface area contributed by atoms with E-state index < -0.39 is 96.8 Å². The Kier molecular flexibility index (Phi) is 9.84. The minimum absolute atomic E-state index is 0.396. The monoisotopic (exact) mass is 501 g/mol. The van der Waals surface area contributed by atoms with Gasteiger partial charge in [0.1, 0.15) is 30.5 Å². The fourth-order valence-electron chi connectivity index (χ4n) is 3.86. The van der Waals surface area contributed by atoms with Gasteiger partial charge in [0, 0.05) is 20.5 Å². The lowest BCUT2D eigenvalue weighted by Crippen LogP contribution is -2.67. The van der Waals surface area contributed by atoms with Crippen LogP contribution in [-0.4, -0.2) is 138 Å². The number of rotatable bonds is 9. The highest BCUT2D eigenvalue weighted by atomic mass is 32.2. The normalized spacial score (nSPS) is 41.2. The Hall–Kier alpha value is -1.11. The summed E-state index contributed by atoms with van der Waals surface area (Å²) in [6.45, 7) is -0.494. The zero-order valence-corrected chi connectivity index (χ0v) is 18.7. The van der Waals surface area contributed by atoms with Gasteiger partial charge in [-0.1, -0.05) is 0 Å². The number of thioether (sulfide) groups is 1. The molecule has 11 atom stereocenters. The third kappa shape index (κ3) is 5.94. The highest BCUT2D eigenvalue weighted by molar-refractivity contribution is 8.01. The van der Waals surface area contributed by atoms with Crippen LogP contribution in [-0.2, 0) is 23.8 Å². The summed E-state index contributed by atoms with van der Waals surface area (Å²) in [7, 11) is 1.19. The molecule has 2 rings (SSSR count). The van der Waals surface area contributed by atoms with E-state index in [1.54, 1.807) is 0 Å². The average Bonchev–Trinajstić information content (AvgIpc) is 2.77. The Balaban J connectivity index is 2.44. The second-order valence-corrected chi connectivity index (χ2v) is 9.34. The molecule has 33 heavy (non-hydrogen) atoms. The second-order valence-electron chi connectivity index (χ2n) is 7.90. The van der Waals surface area contributed by atoms with E-state index in [1.807, 2.05) is 0 Å². The van der Waals surface area contributed by atoms with Crippen molar-refractivity contribution in [1.29, 1.82) is 0 Å². The number of methoxy groups -OCH3 is 1. The lowest BCUT2D eigenvalue weighted by Gasteiger charge is -2.49. The van der Waals surface area contributed by atoms with Crippen molar-refractivity contribution in [2.45, 2.75) is 78.6 Å². The number of aliphatic hydroxyl groups excluding tert-OH is 7. The van der Waals surface area contributed by atoms with Gasteiger partial charge >= 0.3 is 5.97 Å². The Morgan fingerprint density at radius 2 is 1.85 bits per heavy atom. The number of ether oxygens (including phenoxy) is 3. The van der Waals surface area contributed by atoms with Gasteiger partial charge in [-0.15, -0.1) is 11.8 Å². The SMILES string of the molecule is CO[C@@H]1O[C@H](CO)[C@H](O)[C@H](S[C@]2(C(=O)O)C[C@H](O)[C@@H](NC(C)=O)[C@H]([C@H](O)[C@H](O)CO)O2)[C@H]1O. The standard InChI is InChI=1S/C18H31NO13S/c1-6(22)19-10-7(23)3-18(17(28)29,32-14(10)11(25)8(24)4-20)33-15-12(26)9(5-21)31-16(30-2)13(15)27/h7-16,20-21,23-27H,3-5H2,1-2H3,(H,19,22)(H,28,29)/t7-,8+,9+,10+,11+,12-,13+,14+,15-,16+,18-/m0/s1. The zero-order valence-electron chi connectivity index (χ0n) is 17.9. The molecule has 0 aromatic carbocycles. The third-order valence-electron chi connectivity index (χ3n) is 5.57. The number of amides is 1.